The van der Waals surface area contributed by atoms with Crippen molar-refractivity contribution < 1.29 is 13.6 Å². The fourth-order valence-electron chi connectivity index (χ4n) is 3.77. The van der Waals surface area contributed by atoms with Crippen molar-refractivity contribution in [3.8, 4) is 0 Å². The number of benzene rings is 1. The molecule has 1 aromatic carbocycles. The molecule has 2 unspecified atom stereocenters. The van der Waals surface area contributed by atoms with E-state index in [2.05, 4.69) is 32.0 Å². The first-order chi connectivity index (χ1) is 12.2. The summed E-state index contributed by atoms with van der Waals surface area (Å²) in [7, 11) is 0. The predicted molar refractivity (Wildman–Crippen MR) is 97.3 cm³/mol. The number of hydrogen-bond donors (Lipinski definition) is 3. The van der Waals surface area contributed by atoms with Crippen LogP contribution < -0.4 is 21.1 Å². The van der Waals surface area contributed by atoms with Crippen LogP contribution in [-0.4, -0.2) is 42.3 Å². The first-order valence-corrected chi connectivity index (χ1v) is 9.25. The van der Waals surface area contributed by atoms with Crippen LogP contribution >= 0.6 is 15.9 Å². The molecule has 2 fully saturated rings. The Kier molecular flexibility index (Phi) is 4.30. The summed E-state index contributed by atoms with van der Waals surface area (Å²) in [5, 5.41) is 7.81. The standard InChI is InChI=1S/C17H20BrF2N5O/c1-9-5-11(18)6-10(2)13(9)25-7-12-14(23-25)21-16(22-15(12)26)24-4-3-17(19,20)8-24/h5-7,14,16,21,23H,3-4,8H2,1-2H3,(H,22,26). The van der Waals surface area contributed by atoms with E-state index in [1.807, 2.05) is 31.0 Å². The van der Waals surface area contributed by atoms with Gasteiger partial charge < -0.3 is 5.32 Å². The number of likely N-dealkylation sites (tertiary alicyclic amines) is 1. The molecule has 0 radical (unpaired) electrons. The number of fused-ring (bicyclic) bond motifs is 1. The molecule has 4 rings (SSSR count). The molecule has 0 saturated carbocycles. The zero-order valence-electron chi connectivity index (χ0n) is 14.4. The van der Waals surface area contributed by atoms with Gasteiger partial charge in [-0.1, -0.05) is 15.9 Å². The average molecular weight is 428 g/mol. The molecule has 9 heteroatoms. The van der Waals surface area contributed by atoms with Gasteiger partial charge in [-0.3, -0.25) is 20.0 Å². The van der Waals surface area contributed by atoms with Crippen LogP contribution in [0.15, 0.2) is 28.4 Å². The average Bonchev–Trinajstić information content (AvgIpc) is 3.09. The third-order valence-corrected chi connectivity index (χ3v) is 5.42. The van der Waals surface area contributed by atoms with Gasteiger partial charge in [0, 0.05) is 23.6 Å². The zero-order valence-corrected chi connectivity index (χ0v) is 16.0. The quantitative estimate of drug-likeness (QED) is 0.673. The molecular weight excluding hydrogens is 408 g/mol. The van der Waals surface area contributed by atoms with Gasteiger partial charge in [0.1, 0.15) is 12.5 Å². The van der Waals surface area contributed by atoms with E-state index in [-0.39, 0.29) is 25.4 Å². The molecule has 3 aliphatic rings. The van der Waals surface area contributed by atoms with E-state index in [0.29, 0.717) is 5.57 Å². The Labute approximate surface area is 158 Å². The molecule has 3 N–H and O–H groups in total. The van der Waals surface area contributed by atoms with Gasteiger partial charge in [-0.05, 0) is 37.1 Å². The molecule has 26 heavy (non-hydrogen) atoms. The number of halogens is 3. The minimum atomic E-state index is -2.71. The molecule has 2 atom stereocenters. The van der Waals surface area contributed by atoms with Crippen LogP contribution in [0.3, 0.4) is 0 Å². The molecule has 3 heterocycles. The van der Waals surface area contributed by atoms with Crippen LogP contribution in [0.25, 0.3) is 0 Å². The van der Waals surface area contributed by atoms with E-state index < -0.39 is 18.4 Å². The zero-order chi connectivity index (χ0) is 18.6. The van der Waals surface area contributed by atoms with Gasteiger partial charge in [-0.2, -0.15) is 0 Å². The Morgan fingerprint density at radius 2 is 1.96 bits per heavy atom. The molecule has 140 valence electrons. The number of anilines is 1. The molecule has 0 spiro atoms. The van der Waals surface area contributed by atoms with Crippen molar-refractivity contribution in [2.45, 2.75) is 38.6 Å². The van der Waals surface area contributed by atoms with E-state index in [0.717, 1.165) is 21.3 Å². The van der Waals surface area contributed by atoms with Crippen molar-refractivity contribution in [2.75, 3.05) is 18.1 Å². The van der Waals surface area contributed by atoms with Gasteiger partial charge in [0.25, 0.3) is 11.8 Å². The number of alkyl halides is 2. The Hall–Kier alpha value is -1.55. The van der Waals surface area contributed by atoms with Crippen LogP contribution in [0.2, 0.25) is 0 Å². The van der Waals surface area contributed by atoms with Crippen molar-refractivity contribution in [1.82, 2.24) is 21.0 Å². The molecule has 1 amide bonds. The Balaban J connectivity index is 1.54. The van der Waals surface area contributed by atoms with Gasteiger partial charge in [0.05, 0.1) is 17.8 Å². The lowest BCUT2D eigenvalue weighted by molar-refractivity contribution is -0.122. The highest BCUT2D eigenvalue weighted by molar-refractivity contribution is 9.10. The summed E-state index contributed by atoms with van der Waals surface area (Å²) in [4.78, 5) is 14.1. The van der Waals surface area contributed by atoms with Crippen molar-refractivity contribution in [2.24, 2.45) is 0 Å². The first kappa shape index (κ1) is 17.8. The lowest BCUT2D eigenvalue weighted by atomic mass is 10.1. The summed E-state index contributed by atoms with van der Waals surface area (Å²) in [5.74, 6) is -2.96. The minimum absolute atomic E-state index is 0.189. The number of hydrogen-bond acceptors (Lipinski definition) is 5. The highest BCUT2D eigenvalue weighted by atomic mass is 79.9. The van der Waals surface area contributed by atoms with Crippen LogP contribution in [0.1, 0.15) is 17.5 Å². The topological polar surface area (TPSA) is 59.6 Å². The predicted octanol–water partition coefficient (Wildman–Crippen LogP) is 1.94. The third kappa shape index (κ3) is 3.13. The fourth-order valence-corrected chi connectivity index (χ4v) is 4.46. The summed E-state index contributed by atoms with van der Waals surface area (Å²) in [5.41, 5.74) is 6.86. The maximum atomic E-state index is 13.5. The monoisotopic (exact) mass is 427 g/mol. The highest BCUT2D eigenvalue weighted by Crippen LogP contribution is 2.32. The molecule has 1 aromatic rings. The Bertz CT molecular complexity index is 776. The number of carbonyl (C=O) groups is 1. The Morgan fingerprint density at radius 3 is 2.58 bits per heavy atom. The molecule has 3 aliphatic heterocycles. The van der Waals surface area contributed by atoms with Gasteiger partial charge in [0.15, 0.2) is 0 Å². The van der Waals surface area contributed by atoms with E-state index in [9.17, 15) is 13.6 Å². The summed E-state index contributed by atoms with van der Waals surface area (Å²) >= 11 is 3.48. The number of rotatable bonds is 2. The second-order valence-electron chi connectivity index (χ2n) is 7.02. The van der Waals surface area contributed by atoms with E-state index in [1.54, 1.807) is 11.1 Å². The van der Waals surface area contributed by atoms with Crippen molar-refractivity contribution >= 4 is 27.5 Å². The summed E-state index contributed by atoms with van der Waals surface area (Å²) in [6.07, 6.45) is 0.527. The lowest BCUT2D eigenvalue weighted by Gasteiger charge is -2.36. The van der Waals surface area contributed by atoms with Crippen molar-refractivity contribution in [3.05, 3.63) is 39.5 Å². The van der Waals surface area contributed by atoms with E-state index in [1.165, 1.54) is 0 Å². The fraction of sp³-hybridized carbons (Fsp3) is 0.471. The maximum Gasteiger partial charge on any atom is 0.261 e. The van der Waals surface area contributed by atoms with Crippen LogP contribution in [0, 0.1) is 13.8 Å². The SMILES string of the molecule is Cc1cc(Br)cc(C)c1N1C=C2C(=O)NC(N3CCC(F)(F)C3)NC2N1. The minimum Gasteiger partial charge on any atom is -0.324 e. The second-order valence-corrected chi connectivity index (χ2v) is 7.94. The normalized spacial score (nSPS) is 28.1. The number of hydrazine groups is 1. The number of aryl methyl sites for hydroxylation is 2. The largest absolute Gasteiger partial charge is 0.324 e. The number of amides is 1. The van der Waals surface area contributed by atoms with Gasteiger partial charge in [-0.15, -0.1) is 0 Å². The summed E-state index contributed by atoms with van der Waals surface area (Å²) in [6.45, 7) is 3.88. The Morgan fingerprint density at radius 1 is 1.27 bits per heavy atom. The number of nitrogens with zero attached hydrogens (tertiary/aromatic N) is 2. The van der Waals surface area contributed by atoms with Crippen molar-refractivity contribution in [1.29, 1.82) is 0 Å². The number of nitrogens with one attached hydrogen (secondary N) is 3. The summed E-state index contributed by atoms with van der Waals surface area (Å²) < 4.78 is 28.0. The lowest BCUT2D eigenvalue weighted by Crippen LogP contribution is -2.66. The second kappa shape index (κ2) is 6.26. The van der Waals surface area contributed by atoms with Crippen LogP contribution in [0.4, 0.5) is 14.5 Å². The van der Waals surface area contributed by atoms with E-state index >= 15 is 0 Å². The van der Waals surface area contributed by atoms with Crippen molar-refractivity contribution in [3.63, 3.8) is 0 Å². The molecule has 0 bridgehead atoms. The van der Waals surface area contributed by atoms with Gasteiger partial charge >= 0.3 is 0 Å². The molecule has 2 saturated heterocycles. The molecular formula is C17H20BrF2N5O. The van der Waals surface area contributed by atoms with Crippen LogP contribution in [-0.2, 0) is 4.79 Å². The number of carbonyl (C=O) groups excluding carboxylic acids is 1. The molecule has 6 nitrogen and oxygen atoms in total. The molecule has 0 aliphatic carbocycles. The highest BCUT2D eigenvalue weighted by Gasteiger charge is 2.45. The summed E-state index contributed by atoms with van der Waals surface area (Å²) in [6, 6.07) is 4.01. The maximum absolute atomic E-state index is 13.5. The van der Waals surface area contributed by atoms with E-state index in [4.69, 9.17) is 0 Å². The third-order valence-electron chi connectivity index (χ3n) is 4.96. The van der Waals surface area contributed by atoms with Crippen LogP contribution in [0.5, 0.6) is 0 Å². The smallest absolute Gasteiger partial charge is 0.261 e. The van der Waals surface area contributed by atoms with Gasteiger partial charge in [0.2, 0.25) is 0 Å². The molecule has 0 aromatic heterocycles. The van der Waals surface area contributed by atoms with Gasteiger partial charge in [-0.25, -0.2) is 14.2 Å². The first-order valence-electron chi connectivity index (χ1n) is 8.46.